The minimum atomic E-state index is -0.410. The molecular weight excluding hydrogens is 453 g/mol. The molecule has 0 aliphatic carbocycles. The highest BCUT2D eigenvalue weighted by Gasteiger charge is 2.22. The quantitative estimate of drug-likeness (QED) is 0.303. The van der Waals surface area contributed by atoms with Gasteiger partial charge in [0.1, 0.15) is 23.4 Å². The third-order valence-corrected chi connectivity index (χ3v) is 6.21. The van der Waals surface area contributed by atoms with Crippen LogP contribution in [-0.4, -0.2) is 36.2 Å². The molecule has 9 nitrogen and oxygen atoms in total. The molecule has 0 unspecified atom stereocenters. The van der Waals surface area contributed by atoms with Crippen molar-refractivity contribution in [2.24, 2.45) is 0 Å². The number of halogens is 1. The fourth-order valence-electron chi connectivity index (χ4n) is 3.85. The molecule has 2 aromatic carbocycles. The van der Waals surface area contributed by atoms with Crippen LogP contribution in [0.5, 0.6) is 0 Å². The third-order valence-electron chi connectivity index (χ3n) is 5.48. The van der Waals surface area contributed by atoms with Gasteiger partial charge in [-0.2, -0.15) is 25.4 Å². The summed E-state index contributed by atoms with van der Waals surface area (Å²) < 4.78 is 16.3. The zero-order chi connectivity index (χ0) is 24.0. The van der Waals surface area contributed by atoms with E-state index in [1.54, 1.807) is 23.0 Å². The highest BCUT2D eigenvalue weighted by Crippen LogP contribution is 2.37. The molecule has 0 radical (unpaired) electrons. The first kappa shape index (κ1) is 21.7. The van der Waals surface area contributed by atoms with Crippen LogP contribution in [0.3, 0.4) is 0 Å². The van der Waals surface area contributed by atoms with Gasteiger partial charge in [0.2, 0.25) is 5.95 Å². The summed E-state index contributed by atoms with van der Waals surface area (Å²) in [7, 11) is 0. The summed E-state index contributed by atoms with van der Waals surface area (Å²) in [4.78, 5) is 9.84. The van der Waals surface area contributed by atoms with Gasteiger partial charge in [0.15, 0.2) is 5.65 Å². The molecule has 5 aromatic rings. The lowest BCUT2D eigenvalue weighted by Gasteiger charge is -2.10. The van der Waals surface area contributed by atoms with Gasteiger partial charge in [-0.15, -0.1) is 11.8 Å². The average Bonchev–Trinajstić information content (AvgIpc) is 3.45. The van der Waals surface area contributed by atoms with E-state index in [0.29, 0.717) is 27.8 Å². The number of nitrogens with one attached hydrogen (secondary N) is 2. The standard InChI is InChI=1S/C23H20FN9S/c1-11(2)33-22-18(20(32-33)14-6-4-12(9-25)19-15(14)10-27-31-19)21(26)29-23(30-22)28-17-7-5-13(34-3)8-16(17)24/h4-8,10-11H,1-3H3,(H,27,31)(H3,26,28,29,30). The van der Waals surface area contributed by atoms with Crippen LogP contribution >= 0.6 is 11.8 Å². The van der Waals surface area contributed by atoms with Crippen molar-refractivity contribution >= 4 is 51.2 Å². The summed E-state index contributed by atoms with van der Waals surface area (Å²) in [5.74, 6) is -0.0360. The van der Waals surface area contributed by atoms with Crippen molar-refractivity contribution in [3.05, 3.63) is 47.9 Å². The van der Waals surface area contributed by atoms with Crippen molar-refractivity contribution < 1.29 is 4.39 Å². The maximum absolute atomic E-state index is 14.5. The van der Waals surface area contributed by atoms with E-state index in [0.717, 1.165) is 15.8 Å². The largest absolute Gasteiger partial charge is 0.383 e. The van der Waals surface area contributed by atoms with E-state index in [2.05, 4.69) is 31.6 Å². The molecule has 0 spiro atoms. The van der Waals surface area contributed by atoms with E-state index in [9.17, 15) is 9.65 Å². The van der Waals surface area contributed by atoms with Crippen molar-refractivity contribution in [2.45, 2.75) is 24.8 Å². The van der Waals surface area contributed by atoms with Gasteiger partial charge in [0, 0.05) is 21.9 Å². The van der Waals surface area contributed by atoms with E-state index in [-0.39, 0.29) is 23.5 Å². The van der Waals surface area contributed by atoms with Gasteiger partial charge in [0.25, 0.3) is 0 Å². The summed E-state index contributed by atoms with van der Waals surface area (Å²) in [6.45, 7) is 3.96. The topological polar surface area (TPSA) is 134 Å². The lowest BCUT2D eigenvalue weighted by atomic mass is 10.0. The number of nitriles is 1. The van der Waals surface area contributed by atoms with Crippen molar-refractivity contribution in [2.75, 3.05) is 17.3 Å². The number of hydrogen-bond acceptors (Lipinski definition) is 8. The monoisotopic (exact) mass is 473 g/mol. The van der Waals surface area contributed by atoms with Crippen LogP contribution in [0.1, 0.15) is 25.5 Å². The van der Waals surface area contributed by atoms with E-state index in [1.165, 1.54) is 17.8 Å². The number of aromatic amines is 1. The van der Waals surface area contributed by atoms with E-state index < -0.39 is 5.82 Å². The molecule has 3 heterocycles. The van der Waals surface area contributed by atoms with E-state index in [4.69, 9.17) is 10.8 Å². The second kappa shape index (κ2) is 8.31. The van der Waals surface area contributed by atoms with Gasteiger partial charge in [-0.05, 0) is 44.4 Å². The van der Waals surface area contributed by atoms with Crippen LogP contribution in [-0.2, 0) is 0 Å². The Balaban J connectivity index is 1.68. The molecule has 0 aliphatic heterocycles. The first-order chi connectivity index (χ1) is 16.4. The summed E-state index contributed by atoms with van der Waals surface area (Å²) in [5, 5.41) is 25.4. The second-order valence-corrected chi connectivity index (χ2v) is 8.80. The fourth-order valence-corrected chi connectivity index (χ4v) is 4.27. The highest BCUT2D eigenvalue weighted by atomic mass is 32.2. The molecule has 0 amide bonds. The number of rotatable bonds is 5. The minimum Gasteiger partial charge on any atom is -0.383 e. The van der Waals surface area contributed by atoms with Crippen LogP contribution in [0.4, 0.5) is 21.8 Å². The number of nitrogens with two attached hydrogens (primary N) is 1. The van der Waals surface area contributed by atoms with Gasteiger partial charge < -0.3 is 11.1 Å². The lowest BCUT2D eigenvalue weighted by molar-refractivity contribution is 0.548. The lowest BCUT2D eigenvalue weighted by Crippen LogP contribution is -2.07. The summed E-state index contributed by atoms with van der Waals surface area (Å²) >= 11 is 1.46. The maximum Gasteiger partial charge on any atom is 0.231 e. The Hall–Kier alpha value is -4.17. The van der Waals surface area contributed by atoms with Crippen molar-refractivity contribution in [3.8, 4) is 17.3 Å². The number of thioether (sulfide) groups is 1. The van der Waals surface area contributed by atoms with Gasteiger partial charge in [-0.25, -0.2) is 9.07 Å². The van der Waals surface area contributed by atoms with E-state index >= 15 is 0 Å². The number of nitrogens with zero attached hydrogens (tertiary/aromatic N) is 6. The second-order valence-electron chi connectivity index (χ2n) is 7.92. The first-order valence-electron chi connectivity index (χ1n) is 10.4. The van der Waals surface area contributed by atoms with Gasteiger partial charge >= 0.3 is 0 Å². The Bertz CT molecular complexity index is 1600. The average molecular weight is 474 g/mol. The zero-order valence-corrected chi connectivity index (χ0v) is 19.4. The van der Waals surface area contributed by atoms with Gasteiger partial charge in [-0.3, -0.25) is 5.10 Å². The number of aromatic nitrogens is 6. The van der Waals surface area contributed by atoms with Crippen LogP contribution in [0.15, 0.2) is 41.4 Å². The molecule has 0 saturated carbocycles. The predicted molar refractivity (Wildman–Crippen MR) is 131 cm³/mol. The summed E-state index contributed by atoms with van der Waals surface area (Å²) in [6, 6.07) is 10.6. The summed E-state index contributed by atoms with van der Waals surface area (Å²) in [6.07, 6.45) is 3.54. The Kier molecular flexibility index (Phi) is 5.30. The van der Waals surface area contributed by atoms with Crippen LogP contribution in [0.25, 0.3) is 33.2 Å². The van der Waals surface area contributed by atoms with Crippen molar-refractivity contribution in [1.29, 1.82) is 5.26 Å². The number of fused-ring (bicyclic) bond motifs is 2. The number of nitrogen functional groups attached to an aromatic ring is 1. The van der Waals surface area contributed by atoms with Crippen LogP contribution in [0.2, 0.25) is 0 Å². The van der Waals surface area contributed by atoms with Crippen LogP contribution < -0.4 is 11.1 Å². The molecule has 0 fully saturated rings. The minimum absolute atomic E-state index is 0.0331. The molecule has 0 atom stereocenters. The summed E-state index contributed by atoms with van der Waals surface area (Å²) in [5.41, 5.74) is 9.60. The molecular formula is C23H20FN9S. The fraction of sp³-hybridized carbons (Fsp3) is 0.174. The molecule has 0 aliphatic rings. The molecule has 5 rings (SSSR count). The number of benzene rings is 2. The third kappa shape index (κ3) is 3.48. The molecule has 0 saturated heterocycles. The highest BCUT2D eigenvalue weighted by molar-refractivity contribution is 7.98. The van der Waals surface area contributed by atoms with Crippen molar-refractivity contribution in [3.63, 3.8) is 0 Å². The number of anilines is 3. The molecule has 11 heteroatoms. The number of hydrogen-bond donors (Lipinski definition) is 3. The Morgan fingerprint density at radius 2 is 2.06 bits per heavy atom. The zero-order valence-electron chi connectivity index (χ0n) is 18.6. The van der Waals surface area contributed by atoms with Crippen molar-refractivity contribution in [1.82, 2.24) is 29.9 Å². The smallest absolute Gasteiger partial charge is 0.231 e. The Morgan fingerprint density at radius 3 is 2.76 bits per heavy atom. The number of H-pyrrole nitrogens is 1. The normalized spacial score (nSPS) is 11.4. The molecule has 3 aromatic heterocycles. The molecule has 4 N–H and O–H groups in total. The predicted octanol–water partition coefficient (Wildman–Crippen LogP) is 5.01. The van der Waals surface area contributed by atoms with Crippen LogP contribution in [0, 0.1) is 17.1 Å². The molecule has 34 heavy (non-hydrogen) atoms. The Morgan fingerprint density at radius 1 is 1.24 bits per heavy atom. The van der Waals surface area contributed by atoms with Gasteiger partial charge in [-0.1, -0.05) is 6.07 Å². The Labute approximate surface area is 198 Å². The first-order valence-corrected chi connectivity index (χ1v) is 11.7. The molecule has 170 valence electrons. The van der Waals surface area contributed by atoms with E-state index in [1.807, 2.05) is 32.2 Å². The van der Waals surface area contributed by atoms with Gasteiger partial charge in [0.05, 0.1) is 28.4 Å². The maximum atomic E-state index is 14.5. The molecule has 0 bridgehead atoms. The SMILES string of the molecule is CSc1ccc(Nc2nc(N)c3c(-c4ccc(C#N)c5[nH]ncc45)nn(C(C)C)c3n2)c(F)c1.